The van der Waals surface area contributed by atoms with Crippen molar-refractivity contribution in [3.63, 3.8) is 0 Å². The molecule has 0 saturated heterocycles. The molecule has 0 aromatic heterocycles. The van der Waals surface area contributed by atoms with Crippen LogP contribution in [0.5, 0.6) is 0 Å². The topological polar surface area (TPSA) is 88.7 Å². The van der Waals surface area contributed by atoms with Gasteiger partial charge in [0.1, 0.15) is 0 Å². The van der Waals surface area contributed by atoms with Crippen LogP contribution >= 0.6 is 11.6 Å². The largest absolute Gasteiger partial charge is 0.379 e. The zero-order valence-corrected chi connectivity index (χ0v) is 15.4. The van der Waals surface area contributed by atoms with Gasteiger partial charge < -0.3 is 15.8 Å². The number of guanidine groups is 1. The Balaban J connectivity index is 1.67. The molecule has 138 valence electrons. The highest BCUT2D eigenvalue weighted by molar-refractivity contribution is 6.34. The molecular formula is C19H23ClN4O2. The van der Waals surface area contributed by atoms with Gasteiger partial charge in [-0.15, -0.1) is 0 Å². The van der Waals surface area contributed by atoms with Crippen LogP contribution in [0, 0.1) is 6.92 Å². The van der Waals surface area contributed by atoms with Gasteiger partial charge in [0.05, 0.1) is 30.5 Å². The number of halogens is 1. The van der Waals surface area contributed by atoms with E-state index < -0.39 is 6.03 Å². The second-order valence-corrected chi connectivity index (χ2v) is 6.03. The van der Waals surface area contributed by atoms with Crippen LogP contribution in [0.3, 0.4) is 0 Å². The molecular weight excluding hydrogens is 352 g/mol. The SMILES string of the molecule is Cc1cccc(Cl)c1NC(=O)NC(N)=NCCOCCc1ccccc1. The van der Waals surface area contributed by atoms with E-state index in [4.69, 9.17) is 22.1 Å². The van der Waals surface area contributed by atoms with Crippen molar-refractivity contribution < 1.29 is 9.53 Å². The highest BCUT2D eigenvalue weighted by Gasteiger charge is 2.08. The first-order valence-corrected chi connectivity index (χ1v) is 8.69. The maximum Gasteiger partial charge on any atom is 0.326 e. The number of aryl methyl sites for hydroxylation is 1. The van der Waals surface area contributed by atoms with Crippen molar-refractivity contribution in [1.82, 2.24) is 5.32 Å². The standard InChI is InChI=1S/C19H23ClN4O2/c1-14-6-5-9-16(20)17(14)23-19(25)24-18(21)22-11-13-26-12-10-15-7-3-2-4-8-15/h2-9H,10-13H2,1H3,(H4,21,22,23,24,25). The van der Waals surface area contributed by atoms with Crippen LogP contribution in [0.2, 0.25) is 5.02 Å². The molecule has 0 atom stereocenters. The van der Waals surface area contributed by atoms with Crippen molar-refractivity contribution in [3.05, 3.63) is 64.7 Å². The fraction of sp³-hybridized carbons (Fsp3) is 0.263. The normalized spacial score (nSPS) is 11.2. The molecule has 0 spiro atoms. The smallest absolute Gasteiger partial charge is 0.326 e. The van der Waals surface area contributed by atoms with Crippen molar-refractivity contribution >= 4 is 29.3 Å². The van der Waals surface area contributed by atoms with E-state index in [1.807, 2.05) is 37.3 Å². The third kappa shape index (κ3) is 6.74. The van der Waals surface area contributed by atoms with Crippen LogP contribution < -0.4 is 16.4 Å². The Morgan fingerprint density at radius 2 is 1.92 bits per heavy atom. The number of benzene rings is 2. The monoisotopic (exact) mass is 374 g/mol. The molecule has 0 aliphatic rings. The predicted molar refractivity (Wildman–Crippen MR) is 106 cm³/mol. The van der Waals surface area contributed by atoms with Gasteiger partial charge in [-0.1, -0.05) is 54.1 Å². The van der Waals surface area contributed by atoms with Crippen LogP contribution in [-0.2, 0) is 11.2 Å². The molecule has 2 amide bonds. The maximum atomic E-state index is 11.9. The number of amides is 2. The maximum absolute atomic E-state index is 11.9. The number of anilines is 1. The Labute approximate surface area is 158 Å². The van der Waals surface area contributed by atoms with Crippen molar-refractivity contribution in [2.45, 2.75) is 13.3 Å². The van der Waals surface area contributed by atoms with Crippen LogP contribution in [0.25, 0.3) is 0 Å². The minimum atomic E-state index is -0.493. The van der Waals surface area contributed by atoms with E-state index in [9.17, 15) is 4.79 Å². The molecule has 0 unspecified atom stereocenters. The second kappa shape index (κ2) is 10.4. The number of aliphatic imine (C=N–C) groups is 1. The zero-order chi connectivity index (χ0) is 18.8. The second-order valence-electron chi connectivity index (χ2n) is 5.63. The first-order chi connectivity index (χ1) is 12.6. The van der Waals surface area contributed by atoms with Crippen molar-refractivity contribution in [3.8, 4) is 0 Å². The van der Waals surface area contributed by atoms with Crippen molar-refractivity contribution in [2.24, 2.45) is 10.7 Å². The van der Waals surface area contributed by atoms with Crippen LogP contribution in [0.1, 0.15) is 11.1 Å². The Morgan fingerprint density at radius 1 is 1.15 bits per heavy atom. The molecule has 2 aromatic rings. The number of carbonyl (C=O) groups excluding carboxylic acids is 1. The number of nitrogens with one attached hydrogen (secondary N) is 2. The molecule has 0 saturated carbocycles. The number of hydrogen-bond donors (Lipinski definition) is 3. The lowest BCUT2D eigenvalue weighted by Gasteiger charge is -2.11. The molecule has 0 heterocycles. The molecule has 0 radical (unpaired) electrons. The summed E-state index contributed by atoms with van der Waals surface area (Å²) in [6.07, 6.45) is 0.845. The van der Waals surface area contributed by atoms with Gasteiger partial charge in [-0.2, -0.15) is 0 Å². The molecule has 26 heavy (non-hydrogen) atoms. The Bertz CT molecular complexity index is 730. The van der Waals surface area contributed by atoms with Crippen molar-refractivity contribution in [2.75, 3.05) is 25.1 Å². The first kappa shape index (κ1) is 19.8. The number of hydrogen-bond acceptors (Lipinski definition) is 3. The Kier molecular flexibility index (Phi) is 7.92. The summed E-state index contributed by atoms with van der Waals surface area (Å²) in [5.74, 6) is 0.0267. The van der Waals surface area contributed by atoms with E-state index in [1.165, 1.54) is 5.56 Å². The lowest BCUT2D eigenvalue weighted by Crippen LogP contribution is -2.40. The number of ether oxygens (including phenoxy) is 1. The first-order valence-electron chi connectivity index (χ1n) is 8.31. The molecule has 0 fully saturated rings. The molecule has 4 N–H and O–H groups in total. The molecule has 6 nitrogen and oxygen atoms in total. The van der Waals surface area contributed by atoms with E-state index in [2.05, 4.69) is 27.8 Å². The molecule has 7 heteroatoms. The van der Waals surface area contributed by atoms with Crippen LogP contribution in [0.4, 0.5) is 10.5 Å². The molecule has 0 bridgehead atoms. The molecule has 0 aliphatic carbocycles. The van der Waals surface area contributed by atoms with Gasteiger partial charge >= 0.3 is 6.03 Å². The van der Waals surface area contributed by atoms with Gasteiger partial charge in [-0.05, 0) is 30.5 Å². The summed E-state index contributed by atoms with van der Waals surface area (Å²) in [6, 6.07) is 15.0. The van der Waals surface area contributed by atoms with Gasteiger partial charge in [-0.3, -0.25) is 10.3 Å². The lowest BCUT2D eigenvalue weighted by atomic mass is 10.2. The van der Waals surface area contributed by atoms with E-state index in [0.29, 0.717) is 30.5 Å². The average molecular weight is 375 g/mol. The third-order valence-electron chi connectivity index (χ3n) is 3.60. The van der Waals surface area contributed by atoms with E-state index in [0.717, 1.165) is 12.0 Å². The summed E-state index contributed by atoms with van der Waals surface area (Å²) < 4.78 is 5.51. The highest BCUT2D eigenvalue weighted by Crippen LogP contribution is 2.24. The van der Waals surface area contributed by atoms with Crippen molar-refractivity contribution in [1.29, 1.82) is 0 Å². The fourth-order valence-electron chi connectivity index (χ4n) is 2.26. The number of urea groups is 1. The predicted octanol–water partition coefficient (Wildman–Crippen LogP) is 3.34. The number of rotatable bonds is 7. The third-order valence-corrected chi connectivity index (χ3v) is 3.91. The van der Waals surface area contributed by atoms with Gasteiger partial charge in [-0.25, -0.2) is 4.79 Å². The fourth-order valence-corrected chi connectivity index (χ4v) is 2.53. The van der Waals surface area contributed by atoms with E-state index in [-0.39, 0.29) is 5.96 Å². The quantitative estimate of drug-likeness (QED) is 0.394. The summed E-state index contributed by atoms with van der Waals surface area (Å²) in [5, 5.41) is 5.59. The van der Waals surface area contributed by atoms with Crippen LogP contribution in [-0.4, -0.2) is 31.7 Å². The average Bonchev–Trinajstić information content (AvgIpc) is 2.62. The summed E-state index contributed by atoms with van der Waals surface area (Å²) >= 11 is 6.07. The molecule has 2 rings (SSSR count). The summed E-state index contributed by atoms with van der Waals surface area (Å²) in [7, 11) is 0. The van der Waals surface area contributed by atoms with Gasteiger partial charge in [0, 0.05) is 0 Å². The lowest BCUT2D eigenvalue weighted by molar-refractivity contribution is 0.145. The Morgan fingerprint density at radius 3 is 2.65 bits per heavy atom. The van der Waals surface area contributed by atoms with E-state index >= 15 is 0 Å². The van der Waals surface area contributed by atoms with Gasteiger partial charge in [0.15, 0.2) is 5.96 Å². The summed E-state index contributed by atoms with van der Waals surface area (Å²) in [4.78, 5) is 16.0. The van der Waals surface area contributed by atoms with Crippen LogP contribution in [0.15, 0.2) is 53.5 Å². The van der Waals surface area contributed by atoms with Gasteiger partial charge in [0.25, 0.3) is 0 Å². The minimum Gasteiger partial charge on any atom is -0.379 e. The number of para-hydroxylation sites is 1. The van der Waals surface area contributed by atoms with Gasteiger partial charge in [0.2, 0.25) is 0 Å². The highest BCUT2D eigenvalue weighted by atomic mass is 35.5. The summed E-state index contributed by atoms with van der Waals surface area (Å²) in [5.41, 5.74) is 8.33. The number of nitrogens with zero attached hydrogens (tertiary/aromatic N) is 1. The summed E-state index contributed by atoms with van der Waals surface area (Å²) in [6.45, 7) is 3.26. The Hall–Kier alpha value is -2.57. The number of nitrogens with two attached hydrogens (primary N) is 1. The van der Waals surface area contributed by atoms with E-state index in [1.54, 1.807) is 6.07 Å². The minimum absolute atomic E-state index is 0.0267. The number of carbonyl (C=O) groups is 1. The zero-order valence-electron chi connectivity index (χ0n) is 14.7. The molecule has 2 aromatic carbocycles. The molecule has 0 aliphatic heterocycles.